The normalized spacial score (nSPS) is 16.7. The molecule has 1 heterocycles. The van der Waals surface area contributed by atoms with Crippen molar-refractivity contribution in [3.63, 3.8) is 0 Å². The van der Waals surface area contributed by atoms with Crippen LogP contribution in [0.15, 0.2) is 18.2 Å². The van der Waals surface area contributed by atoms with Crippen molar-refractivity contribution in [3.05, 3.63) is 29.6 Å². The summed E-state index contributed by atoms with van der Waals surface area (Å²) in [6, 6.07) is 4.71. The van der Waals surface area contributed by atoms with Gasteiger partial charge in [0.1, 0.15) is 5.82 Å². The molecule has 1 fully saturated rings. The lowest BCUT2D eigenvalue weighted by Crippen LogP contribution is -2.13. The number of fused-ring (bicyclic) bond motifs is 1. The monoisotopic (exact) mass is 236 g/mol. The molecular formula is C13H14F2N2. The second-order valence-corrected chi connectivity index (χ2v) is 4.71. The topological polar surface area (TPSA) is 17.8 Å². The fourth-order valence-electron chi connectivity index (χ4n) is 2.39. The lowest BCUT2D eigenvalue weighted by atomic mass is 9.85. The first-order valence-electron chi connectivity index (χ1n) is 5.91. The number of alkyl halides is 2. The number of nitrogens with zero attached hydrogens (tertiary/aromatic N) is 2. The molecule has 2 aromatic rings. The van der Waals surface area contributed by atoms with Crippen LogP contribution in [0.5, 0.6) is 0 Å². The van der Waals surface area contributed by atoms with Gasteiger partial charge in [0.15, 0.2) is 0 Å². The largest absolute Gasteiger partial charge is 0.331 e. The number of benzene rings is 1. The summed E-state index contributed by atoms with van der Waals surface area (Å²) >= 11 is 0. The van der Waals surface area contributed by atoms with Crippen molar-refractivity contribution in [1.82, 2.24) is 9.55 Å². The van der Waals surface area contributed by atoms with Crippen molar-refractivity contribution in [1.29, 1.82) is 0 Å². The zero-order valence-electron chi connectivity index (χ0n) is 9.66. The van der Waals surface area contributed by atoms with E-state index < -0.39 is 6.43 Å². The van der Waals surface area contributed by atoms with Crippen molar-refractivity contribution < 1.29 is 8.78 Å². The molecule has 17 heavy (non-hydrogen) atoms. The summed E-state index contributed by atoms with van der Waals surface area (Å²) in [4.78, 5) is 4.55. The molecule has 0 radical (unpaired) electrons. The minimum Gasteiger partial charge on any atom is -0.331 e. The van der Waals surface area contributed by atoms with Crippen LogP contribution in [0.1, 0.15) is 43.0 Å². The highest BCUT2D eigenvalue weighted by atomic mass is 19.3. The van der Waals surface area contributed by atoms with E-state index in [0.717, 1.165) is 16.9 Å². The van der Waals surface area contributed by atoms with Crippen molar-refractivity contribution in [2.24, 2.45) is 7.05 Å². The number of hydrogen-bond donors (Lipinski definition) is 0. The SMILES string of the molecule is Cn1c(C2CCC2)nc2ccc(C(F)F)cc21. The van der Waals surface area contributed by atoms with E-state index in [9.17, 15) is 8.78 Å². The number of rotatable bonds is 2. The van der Waals surface area contributed by atoms with Gasteiger partial charge in [0.2, 0.25) is 0 Å². The summed E-state index contributed by atoms with van der Waals surface area (Å²) in [6.45, 7) is 0. The lowest BCUT2D eigenvalue weighted by Gasteiger charge is -2.24. The maximum absolute atomic E-state index is 12.6. The van der Waals surface area contributed by atoms with Gasteiger partial charge in [0, 0.05) is 18.5 Å². The summed E-state index contributed by atoms with van der Waals surface area (Å²) < 4.78 is 27.2. The Morgan fingerprint density at radius 1 is 1.35 bits per heavy atom. The Bertz CT molecular complexity index is 556. The molecule has 0 saturated heterocycles. The highest BCUT2D eigenvalue weighted by molar-refractivity contribution is 5.77. The van der Waals surface area contributed by atoms with Crippen molar-refractivity contribution in [3.8, 4) is 0 Å². The van der Waals surface area contributed by atoms with E-state index in [4.69, 9.17) is 0 Å². The summed E-state index contributed by atoms with van der Waals surface area (Å²) in [7, 11) is 1.91. The van der Waals surface area contributed by atoms with Crippen LogP contribution >= 0.6 is 0 Å². The molecule has 0 spiro atoms. The van der Waals surface area contributed by atoms with Crippen molar-refractivity contribution in [2.45, 2.75) is 31.6 Å². The zero-order chi connectivity index (χ0) is 12.0. The summed E-state index contributed by atoms with van der Waals surface area (Å²) in [5.41, 5.74) is 1.70. The third kappa shape index (κ3) is 1.63. The molecule has 1 aromatic carbocycles. The van der Waals surface area contributed by atoms with E-state index >= 15 is 0 Å². The minimum atomic E-state index is -2.42. The predicted octanol–water partition coefficient (Wildman–Crippen LogP) is 3.78. The second kappa shape index (κ2) is 3.79. The average molecular weight is 236 g/mol. The predicted molar refractivity (Wildman–Crippen MR) is 62.3 cm³/mol. The van der Waals surface area contributed by atoms with Gasteiger partial charge < -0.3 is 4.57 Å². The van der Waals surface area contributed by atoms with E-state index in [1.54, 1.807) is 12.1 Å². The standard InChI is InChI=1S/C13H14F2N2/c1-17-11-7-9(12(14)15)5-6-10(11)16-13(17)8-3-2-4-8/h5-8,12H,2-4H2,1H3. The molecular weight excluding hydrogens is 222 g/mol. The molecule has 0 amide bonds. The van der Waals surface area contributed by atoms with Gasteiger partial charge >= 0.3 is 0 Å². The smallest absolute Gasteiger partial charge is 0.263 e. The molecule has 1 aliphatic carbocycles. The van der Waals surface area contributed by atoms with Crippen molar-refractivity contribution >= 4 is 11.0 Å². The number of halogens is 2. The van der Waals surface area contributed by atoms with E-state index in [1.165, 1.54) is 25.3 Å². The fraction of sp³-hybridized carbons (Fsp3) is 0.462. The van der Waals surface area contributed by atoms with Crippen LogP contribution in [0.4, 0.5) is 8.78 Å². The molecule has 0 aliphatic heterocycles. The van der Waals surface area contributed by atoms with Crippen LogP contribution < -0.4 is 0 Å². The Morgan fingerprint density at radius 3 is 2.71 bits per heavy atom. The van der Waals surface area contributed by atoms with Gasteiger partial charge in [-0.3, -0.25) is 0 Å². The number of imidazole rings is 1. The third-order valence-corrected chi connectivity index (χ3v) is 3.66. The second-order valence-electron chi connectivity index (χ2n) is 4.71. The Morgan fingerprint density at radius 2 is 2.12 bits per heavy atom. The average Bonchev–Trinajstić information content (AvgIpc) is 2.54. The van der Waals surface area contributed by atoms with E-state index in [1.807, 2.05) is 11.6 Å². The van der Waals surface area contributed by atoms with Crippen LogP contribution in [0.25, 0.3) is 11.0 Å². The van der Waals surface area contributed by atoms with Gasteiger partial charge in [-0.25, -0.2) is 13.8 Å². The molecule has 2 nitrogen and oxygen atoms in total. The molecule has 0 bridgehead atoms. The minimum absolute atomic E-state index is 0.0701. The van der Waals surface area contributed by atoms with Gasteiger partial charge in [0.25, 0.3) is 6.43 Å². The maximum atomic E-state index is 12.6. The lowest BCUT2D eigenvalue weighted by molar-refractivity contribution is 0.151. The van der Waals surface area contributed by atoms with Gasteiger partial charge in [-0.05, 0) is 25.0 Å². The quantitative estimate of drug-likeness (QED) is 0.776. The fourth-order valence-corrected chi connectivity index (χ4v) is 2.39. The van der Waals surface area contributed by atoms with Gasteiger partial charge in [-0.2, -0.15) is 0 Å². The molecule has 1 aliphatic rings. The van der Waals surface area contributed by atoms with Gasteiger partial charge in [0.05, 0.1) is 11.0 Å². The summed E-state index contributed by atoms with van der Waals surface area (Å²) in [6.07, 6.45) is 1.16. The molecule has 1 aromatic heterocycles. The Hall–Kier alpha value is -1.45. The zero-order valence-corrected chi connectivity index (χ0v) is 9.66. The summed E-state index contributed by atoms with van der Waals surface area (Å²) in [5, 5.41) is 0. The maximum Gasteiger partial charge on any atom is 0.263 e. The molecule has 90 valence electrons. The number of hydrogen-bond acceptors (Lipinski definition) is 1. The van der Waals surface area contributed by atoms with E-state index in [0.29, 0.717) is 5.92 Å². The Labute approximate surface area is 98.3 Å². The Kier molecular flexibility index (Phi) is 2.38. The molecule has 0 unspecified atom stereocenters. The van der Waals surface area contributed by atoms with E-state index in [-0.39, 0.29) is 5.56 Å². The summed E-state index contributed by atoms with van der Waals surface area (Å²) in [5.74, 6) is 1.56. The Balaban J connectivity index is 2.12. The van der Waals surface area contributed by atoms with Crippen LogP contribution in [-0.2, 0) is 7.05 Å². The highest BCUT2D eigenvalue weighted by Gasteiger charge is 2.24. The third-order valence-electron chi connectivity index (χ3n) is 3.66. The first-order valence-corrected chi connectivity index (χ1v) is 5.91. The highest BCUT2D eigenvalue weighted by Crippen LogP contribution is 2.37. The van der Waals surface area contributed by atoms with Crippen LogP contribution in [0.3, 0.4) is 0 Å². The van der Waals surface area contributed by atoms with Crippen LogP contribution in [-0.4, -0.2) is 9.55 Å². The van der Waals surface area contributed by atoms with Gasteiger partial charge in [-0.15, -0.1) is 0 Å². The first kappa shape index (κ1) is 10.7. The molecule has 1 saturated carbocycles. The van der Waals surface area contributed by atoms with Gasteiger partial charge in [-0.1, -0.05) is 12.5 Å². The number of aryl methyl sites for hydroxylation is 1. The molecule has 4 heteroatoms. The number of aromatic nitrogens is 2. The van der Waals surface area contributed by atoms with Crippen LogP contribution in [0, 0.1) is 0 Å². The first-order chi connectivity index (χ1) is 8.16. The molecule has 0 N–H and O–H groups in total. The molecule has 3 rings (SSSR count). The molecule has 0 atom stereocenters. The van der Waals surface area contributed by atoms with Crippen molar-refractivity contribution in [2.75, 3.05) is 0 Å². The van der Waals surface area contributed by atoms with Crippen LogP contribution in [0.2, 0.25) is 0 Å². The van der Waals surface area contributed by atoms with E-state index in [2.05, 4.69) is 4.98 Å².